The summed E-state index contributed by atoms with van der Waals surface area (Å²) in [6, 6.07) is 12.1. The van der Waals surface area contributed by atoms with E-state index < -0.39 is 0 Å². The predicted molar refractivity (Wildman–Crippen MR) is 135 cm³/mol. The minimum absolute atomic E-state index is 0.121. The summed E-state index contributed by atoms with van der Waals surface area (Å²) in [5.74, 6) is 0.370. The molecule has 2 N–H and O–H groups in total. The SMILES string of the molecule is COc1ccccc1NC(=O)C[C@H]1CC[C@H]2[C@@H](COc3ccc(NC(=O)C(C)C)cc3C(=O)N2C)O1. The third kappa shape index (κ3) is 5.62. The summed E-state index contributed by atoms with van der Waals surface area (Å²) in [5, 5.41) is 5.72. The van der Waals surface area contributed by atoms with E-state index in [0.29, 0.717) is 41.3 Å². The summed E-state index contributed by atoms with van der Waals surface area (Å²) in [4.78, 5) is 39.8. The second-order valence-corrected chi connectivity index (χ2v) is 9.48. The smallest absolute Gasteiger partial charge is 0.257 e. The average Bonchev–Trinajstić information content (AvgIpc) is 2.86. The van der Waals surface area contributed by atoms with Gasteiger partial charge in [-0.05, 0) is 43.2 Å². The molecule has 1 saturated heterocycles. The van der Waals surface area contributed by atoms with Crippen LogP contribution in [0.3, 0.4) is 0 Å². The fourth-order valence-electron chi connectivity index (χ4n) is 4.55. The van der Waals surface area contributed by atoms with Gasteiger partial charge in [0.25, 0.3) is 5.91 Å². The first-order valence-electron chi connectivity index (χ1n) is 12.2. The van der Waals surface area contributed by atoms with Crippen molar-refractivity contribution in [1.82, 2.24) is 4.90 Å². The number of benzene rings is 2. The molecule has 2 heterocycles. The van der Waals surface area contributed by atoms with Gasteiger partial charge in [0, 0.05) is 18.7 Å². The Kier molecular flexibility index (Phi) is 7.79. The fourth-order valence-corrected chi connectivity index (χ4v) is 4.55. The topological polar surface area (TPSA) is 106 Å². The molecule has 1 fully saturated rings. The van der Waals surface area contributed by atoms with Crippen LogP contribution in [0, 0.1) is 5.92 Å². The summed E-state index contributed by atoms with van der Waals surface area (Å²) < 4.78 is 17.6. The molecule has 3 amide bonds. The maximum Gasteiger partial charge on any atom is 0.257 e. The Hall–Kier alpha value is -3.59. The lowest BCUT2D eigenvalue weighted by Crippen LogP contribution is -2.53. The largest absolute Gasteiger partial charge is 0.495 e. The number of fused-ring (bicyclic) bond motifs is 2. The Morgan fingerprint density at radius 1 is 1.14 bits per heavy atom. The first-order chi connectivity index (χ1) is 17.3. The normalized spacial score (nSPS) is 21.4. The number of para-hydroxylation sites is 2. The molecule has 0 radical (unpaired) electrons. The molecule has 9 heteroatoms. The summed E-state index contributed by atoms with van der Waals surface area (Å²) in [7, 11) is 3.31. The van der Waals surface area contributed by atoms with E-state index in [2.05, 4.69) is 10.6 Å². The molecular formula is C27H33N3O6. The molecule has 3 atom stereocenters. The molecule has 192 valence electrons. The Balaban J connectivity index is 1.43. The molecule has 0 aromatic heterocycles. The Morgan fingerprint density at radius 2 is 1.92 bits per heavy atom. The number of amides is 3. The first kappa shape index (κ1) is 25.5. The average molecular weight is 496 g/mol. The highest BCUT2D eigenvalue weighted by atomic mass is 16.5. The van der Waals surface area contributed by atoms with E-state index in [-0.39, 0.29) is 54.9 Å². The Bertz CT molecular complexity index is 1130. The van der Waals surface area contributed by atoms with Crippen LogP contribution < -0.4 is 20.1 Å². The van der Waals surface area contributed by atoms with E-state index in [4.69, 9.17) is 14.2 Å². The van der Waals surface area contributed by atoms with Gasteiger partial charge >= 0.3 is 0 Å². The van der Waals surface area contributed by atoms with E-state index in [1.165, 1.54) is 0 Å². The van der Waals surface area contributed by atoms with Gasteiger partial charge < -0.3 is 29.7 Å². The van der Waals surface area contributed by atoms with Crippen LogP contribution in [-0.2, 0) is 14.3 Å². The van der Waals surface area contributed by atoms with Crippen molar-refractivity contribution < 1.29 is 28.6 Å². The van der Waals surface area contributed by atoms with Gasteiger partial charge in [-0.3, -0.25) is 14.4 Å². The lowest BCUT2D eigenvalue weighted by Gasteiger charge is -2.42. The Morgan fingerprint density at radius 3 is 2.67 bits per heavy atom. The molecule has 2 aliphatic heterocycles. The predicted octanol–water partition coefficient (Wildman–Crippen LogP) is 3.70. The number of hydrogen-bond donors (Lipinski definition) is 2. The lowest BCUT2D eigenvalue weighted by molar-refractivity contribution is -0.130. The number of carbonyl (C=O) groups is 3. The second kappa shape index (κ2) is 11.0. The van der Waals surface area contributed by atoms with Crippen LogP contribution in [0.25, 0.3) is 0 Å². The maximum atomic E-state index is 13.3. The van der Waals surface area contributed by atoms with Gasteiger partial charge in [0.05, 0.1) is 36.9 Å². The molecule has 36 heavy (non-hydrogen) atoms. The number of rotatable bonds is 6. The van der Waals surface area contributed by atoms with Gasteiger partial charge in [0.2, 0.25) is 11.8 Å². The van der Waals surface area contributed by atoms with E-state index in [1.54, 1.807) is 49.4 Å². The third-order valence-corrected chi connectivity index (χ3v) is 6.60. The molecule has 2 aromatic carbocycles. The highest BCUT2D eigenvalue weighted by Crippen LogP contribution is 2.33. The van der Waals surface area contributed by atoms with Crippen LogP contribution in [0.15, 0.2) is 42.5 Å². The standard InChI is InChI=1S/C27H33N3O6/c1-16(2)26(32)28-17-9-12-22-19(13-17)27(33)30(3)21-11-10-18(36-24(21)15-35-22)14-25(31)29-20-7-5-6-8-23(20)34-4/h5-9,12-13,16,18,21,24H,10-11,14-15H2,1-4H3,(H,28,32)(H,29,31)/t18-,21+,24-/m1/s1. The molecule has 0 unspecified atom stereocenters. The van der Waals surface area contributed by atoms with Crippen molar-refractivity contribution >= 4 is 29.1 Å². The molecule has 9 nitrogen and oxygen atoms in total. The van der Waals surface area contributed by atoms with Crippen molar-refractivity contribution in [3.8, 4) is 11.5 Å². The number of methoxy groups -OCH3 is 1. The van der Waals surface area contributed by atoms with Crippen molar-refractivity contribution in [2.45, 2.75) is 51.4 Å². The van der Waals surface area contributed by atoms with Crippen molar-refractivity contribution in [1.29, 1.82) is 0 Å². The zero-order valence-electron chi connectivity index (χ0n) is 21.1. The molecule has 4 rings (SSSR count). The number of nitrogens with zero attached hydrogens (tertiary/aromatic N) is 1. The zero-order valence-corrected chi connectivity index (χ0v) is 21.1. The van der Waals surface area contributed by atoms with Crippen LogP contribution in [0.1, 0.15) is 43.5 Å². The fraction of sp³-hybridized carbons (Fsp3) is 0.444. The van der Waals surface area contributed by atoms with Crippen molar-refractivity contribution in [3.63, 3.8) is 0 Å². The van der Waals surface area contributed by atoms with E-state index in [9.17, 15) is 14.4 Å². The van der Waals surface area contributed by atoms with Gasteiger partial charge in [0.15, 0.2) is 0 Å². The number of ether oxygens (including phenoxy) is 3. The second-order valence-electron chi connectivity index (χ2n) is 9.48. The zero-order chi connectivity index (χ0) is 25.8. The monoisotopic (exact) mass is 495 g/mol. The van der Waals surface area contributed by atoms with Crippen molar-refractivity contribution in [3.05, 3.63) is 48.0 Å². The summed E-state index contributed by atoms with van der Waals surface area (Å²) in [5.41, 5.74) is 1.56. The van der Waals surface area contributed by atoms with E-state index in [1.807, 2.05) is 26.0 Å². The number of anilines is 2. The summed E-state index contributed by atoms with van der Waals surface area (Å²) in [6.07, 6.45) is 0.845. The van der Waals surface area contributed by atoms with Crippen molar-refractivity contribution in [2.75, 3.05) is 31.4 Å². The maximum absolute atomic E-state index is 13.3. The molecule has 0 saturated carbocycles. The van der Waals surface area contributed by atoms with Gasteiger partial charge in [-0.25, -0.2) is 0 Å². The minimum Gasteiger partial charge on any atom is -0.495 e. The van der Waals surface area contributed by atoms with Crippen LogP contribution in [-0.4, -0.2) is 61.6 Å². The van der Waals surface area contributed by atoms with Gasteiger partial charge in [0.1, 0.15) is 24.2 Å². The van der Waals surface area contributed by atoms with Gasteiger partial charge in [-0.2, -0.15) is 0 Å². The van der Waals surface area contributed by atoms with Gasteiger partial charge in [-0.1, -0.05) is 26.0 Å². The number of nitrogens with one attached hydrogen (secondary N) is 2. The van der Waals surface area contributed by atoms with E-state index >= 15 is 0 Å². The van der Waals surface area contributed by atoms with Crippen LogP contribution in [0.5, 0.6) is 11.5 Å². The minimum atomic E-state index is -0.370. The molecular weight excluding hydrogens is 462 g/mol. The molecule has 2 aliphatic rings. The molecule has 0 aliphatic carbocycles. The van der Waals surface area contributed by atoms with Crippen LogP contribution in [0.4, 0.5) is 11.4 Å². The van der Waals surface area contributed by atoms with Gasteiger partial charge in [-0.15, -0.1) is 0 Å². The quantitative estimate of drug-likeness (QED) is 0.633. The van der Waals surface area contributed by atoms with Crippen LogP contribution >= 0.6 is 0 Å². The van der Waals surface area contributed by atoms with Crippen molar-refractivity contribution in [2.24, 2.45) is 5.92 Å². The molecule has 0 bridgehead atoms. The number of likely N-dealkylation sites (N-methyl/N-ethyl adjacent to an activating group) is 1. The third-order valence-electron chi connectivity index (χ3n) is 6.60. The van der Waals surface area contributed by atoms with Crippen LogP contribution in [0.2, 0.25) is 0 Å². The number of carbonyl (C=O) groups excluding carboxylic acids is 3. The first-order valence-corrected chi connectivity index (χ1v) is 12.2. The Labute approximate surface area is 211 Å². The summed E-state index contributed by atoms with van der Waals surface area (Å²) >= 11 is 0. The molecule has 2 aromatic rings. The highest BCUT2D eigenvalue weighted by Gasteiger charge is 2.39. The number of hydrogen-bond acceptors (Lipinski definition) is 6. The lowest BCUT2D eigenvalue weighted by atomic mass is 9.94. The molecule has 0 spiro atoms. The highest BCUT2D eigenvalue weighted by molar-refractivity contribution is 6.00. The summed E-state index contributed by atoms with van der Waals surface area (Å²) in [6.45, 7) is 3.87. The van der Waals surface area contributed by atoms with E-state index in [0.717, 1.165) is 0 Å².